The molecule has 0 spiro atoms. The van der Waals surface area contributed by atoms with Crippen LogP contribution in [0.25, 0.3) is 11.1 Å². The number of carbonyl (C=O) groups is 1. The predicted octanol–water partition coefficient (Wildman–Crippen LogP) is 4.49. The second-order valence-electron chi connectivity index (χ2n) is 3.87. The lowest BCUT2D eigenvalue weighted by Gasteiger charge is -2.09. The predicted molar refractivity (Wildman–Crippen MR) is 66.8 cm³/mol. The highest BCUT2D eigenvalue weighted by atomic mass is 35.5. The highest BCUT2D eigenvalue weighted by molar-refractivity contribution is 6.33. The number of benzene rings is 2. The zero-order valence-electron chi connectivity index (χ0n) is 9.51. The Morgan fingerprint density at radius 1 is 1.00 bits per heavy atom. The molecule has 1 nitrogen and oxygen atoms in total. The van der Waals surface area contributed by atoms with Crippen molar-refractivity contribution in [3.63, 3.8) is 0 Å². The molecule has 0 atom stereocenters. The molecule has 2 rings (SSSR count). The average Bonchev–Trinajstić information content (AvgIpc) is 2.28. The number of carbonyl (C=O) groups excluding carboxylic acids is 1. The highest BCUT2D eigenvalue weighted by Crippen LogP contribution is 2.31. The number of hydrogen-bond donors (Lipinski definition) is 0. The minimum absolute atomic E-state index is 0.142. The van der Waals surface area contributed by atoms with Crippen LogP contribution in [0.2, 0.25) is 5.02 Å². The maximum atomic E-state index is 13.3. The molecule has 2 aromatic rings. The van der Waals surface area contributed by atoms with Gasteiger partial charge in [-0.25, -0.2) is 8.78 Å². The normalized spacial score (nSPS) is 10.4. The number of ketones is 1. The van der Waals surface area contributed by atoms with Crippen molar-refractivity contribution >= 4 is 17.4 Å². The Morgan fingerprint density at radius 2 is 1.61 bits per heavy atom. The number of rotatable bonds is 2. The average molecular weight is 267 g/mol. The van der Waals surface area contributed by atoms with E-state index in [1.165, 1.54) is 37.3 Å². The topological polar surface area (TPSA) is 17.1 Å². The summed E-state index contributed by atoms with van der Waals surface area (Å²) in [5, 5.41) is 0.142. The fourth-order valence-corrected chi connectivity index (χ4v) is 2.02. The van der Waals surface area contributed by atoms with Crippen LogP contribution in [0.1, 0.15) is 17.3 Å². The van der Waals surface area contributed by atoms with Gasteiger partial charge in [0.15, 0.2) is 5.78 Å². The van der Waals surface area contributed by atoms with Crippen LogP contribution in [0.4, 0.5) is 8.78 Å². The third-order valence-electron chi connectivity index (χ3n) is 2.58. The van der Waals surface area contributed by atoms with Crippen molar-refractivity contribution in [3.8, 4) is 11.1 Å². The summed E-state index contributed by atoms with van der Waals surface area (Å²) in [4.78, 5) is 11.5. The molecule has 0 N–H and O–H groups in total. The Balaban J connectivity index is 2.69. The molecule has 0 bridgehead atoms. The molecular weight excluding hydrogens is 258 g/mol. The molecule has 0 heterocycles. The van der Waals surface area contributed by atoms with Crippen molar-refractivity contribution < 1.29 is 13.6 Å². The van der Waals surface area contributed by atoms with E-state index in [1.807, 2.05) is 0 Å². The van der Waals surface area contributed by atoms with Gasteiger partial charge in [-0.3, -0.25) is 4.79 Å². The summed E-state index contributed by atoms with van der Waals surface area (Å²) in [5.41, 5.74) is 1.15. The molecule has 0 amide bonds. The van der Waals surface area contributed by atoms with E-state index >= 15 is 0 Å². The van der Waals surface area contributed by atoms with E-state index in [4.69, 9.17) is 11.6 Å². The van der Waals surface area contributed by atoms with E-state index in [-0.39, 0.29) is 10.8 Å². The van der Waals surface area contributed by atoms with Crippen LogP contribution < -0.4 is 0 Å². The fourth-order valence-electron chi connectivity index (χ4n) is 1.75. The third kappa shape index (κ3) is 2.41. The van der Waals surface area contributed by atoms with E-state index in [1.54, 1.807) is 0 Å². The second-order valence-corrected chi connectivity index (χ2v) is 4.28. The summed E-state index contributed by atoms with van der Waals surface area (Å²) in [7, 11) is 0. The first-order chi connectivity index (χ1) is 8.49. The molecule has 0 aliphatic heterocycles. The molecule has 2 aromatic carbocycles. The van der Waals surface area contributed by atoms with Gasteiger partial charge < -0.3 is 0 Å². The van der Waals surface area contributed by atoms with Crippen molar-refractivity contribution in [3.05, 3.63) is 58.6 Å². The van der Waals surface area contributed by atoms with Gasteiger partial charge in [-0.05, 0) is 48.9 Å². The smallest absolute Gasteiger partial charge is 0.160 e. The van der Waals surface area contributed by atoms with Crippen molar-refractivity contribution in [2.75, 3.05) is 0 Å². The van der Waals surface area contributed by atoms with E-state index in [0.717, 1.165) is 6.07 Å². The van der Waals surface area contributed by atoms with Crippen LogP contribution in [-0.2, 0) is 0 Å². The van der Waals surface area contributed by atoms with Gasteiger partial charge in [-0.2, -0.15) is 0 Å². The Labute approximate surface area is 108 Å². The first-order valence-corrected chi connectivity index (χ1v) is 5.63. The van der Waals surface area contributed by atoms with Gasteiger partial charge in [-0.1, -0.05) is 11.6 Å². The van der Waals surface area contributed by atoms with Gasteiger partial charge in [-0.15, -0.1) is 0 Å². The van der Waals surface area contributed by atoms with Gasteiger partial charge in [0.2, 0.25) is 0 Å². The lowest BCUT2D eigenvalue weighted by molar-refractivity contribution is 0.101. The standard InChI is InChI=1S/C14H9ClF2O/c1-8(18)11-4-2-9(16)6-13(11)12-5-3-10(17)7-14(12)15/h2-7H,1H3. The molecule has 0 radical (unpaired) electrons. The fraction of sp³-hybridized carbons (Fsp3) is 0.0714. The molecule has 0 saturated carbocycles. The lowest BCUT2D eigenvalue weighted by Crippen LogP contribution is -1.97. The first-order valence-electron chi connectivity index (χ1n) is 5.25. The van der Waals surface area contributed by atoms with Crippen molar-refractivity contribution in [1.29, 1.82) is 0 Å². The first kappa shape index (κ1) is 12.7. The zero-order valence-corrected chi connectivity index (χ0v) is 10.3. The zero-order chi connectivity index (χ0) is 13.3. The van der Waals surface area contributed by atoms with Gasteiger partial charge >= 0.3 is 0 Å². The van der Waals surface area contributed by atoms with E-state index in [0.29, 0.717) is 16.7 Å². The Kier molecular flexibility index (Phi) is 3.43. The van der Waals surface area contributed by atoms with Gasteiger partial charge in [0, 0.05) is 11.1 Å². The van der Waals surface area contributed by atoms with Crippen molar-refractivity contribution in [2.24, 2.45) is 0 Å². The van der Waals surface area contributed by atoms with Crippen molar-refractivity contribution in [2.45, 2.75) is 6.92 Å². The maximum absolute atomic E-state index is 13.3. The van der Waals surface area contributed by atoms with Crippen LogP contribution in [0, 0.1) is 11.6 Å². The molecule has 0 unspecified atom stereocenters. The molecule has 0 fully saturated rings. The van der Waals surface area contributed by atoms with E-state index in [9.17, 15) is 13.6 Å². The summed E-state index contributed by atoms with van der Waals surface area (Å²) >= 11 is 5.92. The highest BCUT2D eigenvalue weighted by Gasteiger charge is 2.13. The van der Waals surface area contributed by atoms with Crippen LogP contribution in [0.3, 0.4) is 0 Å². The molecule has 18 heavy (non-hydrogen) atoms. The molecule has 0 saturated heterocycles. The van der Waals surface area contributed by atoms with Crippen LogP contribution in [-0.4, -0.2) is 5.78 Å². The minimum atomic E-state index is -0.482. The summed E-state index contributed by atoms with van der Waals surface area (Å²) < 4.78 is 26.3. The number of halogens is 3. The van der Waals surface area contributed by atoms with Gasteiger partial charge in [0.05, 0.1) is 5.02 Å². The Hall–Kier alpha value is -1.74. The van der Waals surface area contributed by atoms with Gasteiger partial charge in [0.1, 0.15) is 11.6 Å². The number of Topliss-reactive ketones (excluding diaryl/α,β-unsaturated/α-hetero) is 1. The Morgan fingerprint density at radius 3 is 2.22 bits per heavy atom. The summed E-state index contributed by atoms with van der Waals surface area (Å²) in [6.07, 6.45) is 0. The second kappa shape index (κ2) is 4.86. The van der Waals surface area contributed by atoms with Crippen LogP contribution in [0.5, 0.6) is 0 Å². The van der Waals surface area contributed by atoms with Gasteiger partial charge in [0.25, 0.3) is 0 Å². The van der Waals surface area contributed by atoms with Crippen molar-refractivity contribution in [1.82, 2.24) is 0 Å². The molecular formula is C14H9ClF2O. The lowest BCUT2D eigenvalue weighted by atomic mass is 9.97. The molecule has 0 aliphatic carbocycles. The SMILES string of the molecule is CC(=O)c1ccc(F)cc1-c1ccc(F)cc1Cl. The van der Waals surface area contributed by atoms with E-state index < -0.39 is 11.6 Å². The van der Waals surface area contributed by atoms with Crippen LogP contribution in [0.15, 0.2) is 36.4 Å². The minimum Gasteiger partial charge on any atom is -0.294 e. The molecule has 92 valence electrons. The maximum Gasteiger partial charge on any atom is 0.160 e. The van der Waals surface area contributed by atoms with Crippen LogP contribution >= 0.6 is 11.6 Å². The summed E-state index contributed by atoms with van der Waals surface area (Å²) in [5.74, 6) is -1.16. The summed E-state index contributed by atoms with van der Waals surface area (Å²) in [6, 6.07) is 7.60. The monoisotopic (exact) mass is 266 g/mol. The molecule has 0 aromatic heterocycles. The molecule has 4 heteroatoms. The quantitative estimate of drug-likeness (QED) is 0.732. The molecule has 0 aliphatic rings. The number of hydrogen-bond acceptors (Lipinski definition) is 1. The summed E-state index contributed by atoms with van der Waals surface area (Å²) in [6.45, 7) is 1.38. The third-order valence-corrected chi connectivity index (χ3v) is 2.89. The largest absolute Gasteiger partial charge is 0.294 e. The van der Waals surface area contributed by atoms with E-state index in [2.05, 4.69) is 0 Å². The Bertz CT molecular complexity index is 623.